The van der Waals surface area contributed by atoms with Gasteiger partial charge in [0, 0.05) is 5.56 Å². The Labute approximate surface area is 105 Å². The Morgan fingerprint density at radius 3 is 2.29 bits per heavy atom. The first-order valence-electron chi connectivity index (χ1n) is 5.93. The van der Waals surface area contributed by atoms with Crippen molar-refractivity contribution >= 4 is 14.1 Å². The van der Waals surface area contributed by atoms with Crippen LogP contribution in [0.15, 0.2) is 24.3 Å². The number of hydrogen-bond donors (Lipinski definition) is 0. The van der Waals surface area contributed by atoms with E-state index in [0.717, 1.165) is 5.75 Å². The largest absolute Gasteiger partial charge is 0.543 e. The summed E-state index contributed by atoms with van der Waals surface area (Å²) in [6.07, 6.45) is 0. The molecule has 0 unspecified atom stereocenters. The van der Waals surface area contributed by atoms with Crippen molar-refractivity contribution in [3.05, 3.63) is 29.8 Å². The lowest BCUT2D eigenvalue weighted by Crippen LogP contribution is -2.43. The smallest absolute Gasteiger partial charge is 0.250 e. The van der Waals surface area contributed by atoms with Crippen LogP contribution < -0.4 is 4.43 Å². The van der Waals surface area contributed by atoms with Gasteiger partial charge in [-0.05, 0) is 37.2 Å². The third kappa shape index (κ3) is 3.43. The van der Waals surface area contributed by atoms with Gasteiger partial charge < -0.3 is 4.43 Å². The maximum Gasteiger partial charge on any atom is 0.250 e. The molecule has 0 amide bonds. The number of ketones is 1. The van der Waals surface area contributed by atoms with Crippen LogP contribution in [0.3, 0.4) is 0 Å². The predicted octanol–water partition coefficient (Wildman–Crippen LogP) is 4.27. The molecule has 0 heterocycles. The number of hydrogen-bond acceptors (Lipinski definition) is 2. The number of rotatable bonds is 3. The Hall–Kier alpha value is -1.09. The number of Topliss-reactive ketones (excluding diaryl/α,β-unsaturated/α-hetero) is 1. The topological polar surface area (TPSA) is 26.3 Å². The van der Waals surface area contributed by atoms with Crippen molar-refractivity contribution in [2.45, 2.75) is 45.8 Å². The van der Waals surface area contributed by atoms with Gasteiger partial charge in [0.1, 0.15) is 5.75 Å². The summed E-state index contributed by atoms with van der Waals surface area (Å²) >= 11 is 0. The fourth-order valence-electron chi connectivity index (χ4n) is 1.23. The third-order valence-electron chi connectivity index (χ3n) is 3.42. The van der Waals surface area contributed by atoms with Gasteiger partial charge in [-0.25, -0.2) is 0 Å². The molecule has 3 heteroatoms. The highest BCUT2D eigenvalue weighted by atomic mass is 28.4. The van der Waals surface area contributed by atoms with E-state index in [0.29, 0.717) is 5.56 Å². The molecule has 1 aromatic rings. The van der Waals surface area contributed by atoms with E-state index in [9.17, 15) is 4.79 Å². The molecule has 0 aliphatic heterocycles. The van der Waals surface area contributed by atoms with E-state index in [4.69, 9.17) is 4.43 Å². The summed E-state index contributed by atoms with van der Waals surface area (Å²) in [7, 11) is -1.81. The Balaban J connectivity index is 2.96. The molecule has 0 N–H and O–H groups in total. The summed E-state index contributed by atoms with van der Waals surface area (Å²) in [6.45, 7) is 12.6. The molecule has 94 valence electrons. The molecule has 0 aromatic heterocycles. The number of carbonyl (C=O) groups excluding carboxylic acids is 1. The van der Waals surface area contributed by atoms with E-state index in [1.54, 1.807) is 6.92 Å². The van der Waals surface area contributed by atoms with Crippen LogP contribution >= 0.6 is 0 Å². The van der Waals surface area contributed by atoms with Gasteiger partial charge in [-0.3, -0.25) is 4.79 Å². The summed E-state index contributed by atoms with van der Waals surface area (Å²) in [5.41, 5.74) is 0.709. The summed E-state index contributed by atoms with van der Waals surface area (Å²) in [5.74, 6) is 0.884. The Kier molecular flexibility index (Phi) is 3.82. The van der Waals surface area contributed by atoms with E-state index in [1.165, 1.54) is 0 Å². The lowest BCUT2D eigenvalue weighted by atomic mass is 10.1. The second kappa shape index (κ2) is 4.65. The van der Waals surface area contributed by atoms with Crippen LogP contribution in [-0.2, 0) is 0 Å². The van der Waals surface area contributed by atoms with Crippen LogP contribution in [-0.4, -0.2) is 14.1 Å². The van der Waals surface area contributed by atoms with Crippen molar-refractivity contribution in [3.63, 3.8) is 0 Å². The van der Waals surface area contributed by atoms with Crippen LogP contribution in [0.5, 0.6) is 5.75 Å². The van der Waals surface area contributed by atoms with E-state index < -0.39 is 8.32 Å². The van der Waals surface area contributed by atoms with E-state index >= 15 is 0 Å². The molecule has 0 atom stereocenters. The van der Waals surface area contributed by atoms with Crippen molar-refractivity contribution in [1.82, 2.24) is 0 Å². The molecule has 0 saturated heterocycles. The zero-order chi connectivity index (χ0) is 13.3. The van der Waals surface area contributed by atoms with Gasteiger partial charge in [-0.2, -0.15) is 0 Å². The molecule has 0 saturated carbocycles. The van der Waals surface area contributed by atoms with Gasteiger partial charge >= 0.3 is 0 Å². The van der Waals surface area contributed by atoms with Crippen molar-refractivity contribution in [1.29, 1.82) is 0 Å². The fraction of sp³-hybridized carbons (Fsp3) is 0.500. The minimum Gasteiger partial charge on any atom is -0.543 e. The van der Waals surface area contributed by atoms with Crippen LogP contribution in [0.4, 0.5) is 0 Å². The van der Waals surface area contributed by atoms with Crippen molar-refractivity contribution in [2.24, 2.45) is 0 Å². The zero-order valence-electron chi connectivity index (χ0n) is 11.6. The van der Waals surface area contributed by atoms with Gasteiger partial charge in [-0.1, -0.05) is 32.9 Å². The Morgan fingerprint density at radius 2 is 1.82 bits per heavy atom. The first kappa shape index (κ1) is 14.0. The molecule has 1 rings (SSSR count). The summed E-state index contributed by atoms with van der Waals surface area (Å²) in [4.78, 5) is 11.3. The molecule has 0 spiro atoms. The van der Waals surface area contributed by atoms with E-state index in [-0.39, 0.29) is 10.8 Å². The van der Waals surface area contributed by atoms with Gasteiger partial charge in [0.05, 0.1) is 0 Å². The molecule has 1 aromatic carbocycles. The van der Waals surface area contributed by atoms with E-state index in [1.807, 2.05) is 24.3 Å². The normalized spacial score (nSPS) is 12.4. The quantitative estimate of drug-likeness (QED) is 0.591. The molecule has 2 nitrogen and oxygen atoms in total. The second-order valence-corrected chi connectivity index (χ2v) is 10.7. The van der Waals surface area contributed by atoms with Crippen molar-refractivity contribution in [3.8, 4) is 5.75 Å². The lowest BCUT2D eigenvalue weighted by molar-refractivity contribution is 0.101. The minimum atomic E-state index is -1.81. The Morgan fingerprint density at radius 1 is 1.24 bits per heavy atom. The molecule has 0 radical (unpaired) electrons. The fourth-order valence-corrected chi connectivity index (χ4v) is 2.25. The SMILES string of the molecule is CC(=O)c1cccc(O[Si](C)(C)C(C)(C)C)c1. The second-order valence-electron chi connectivity index (χ2n) is 5.95. The third-order valence-corrected chi connectivity index (χ3v) is 7.78. The highest BCUT2D eigenvalue weighted by molar-refractivity contribution is 6.74. The maximum absolute atomic E-state index is 11.3. The van der Waals surface area contributed by atoms with Gasteiger partial charge in [0.15, 0.2) is 5.78 Å². The summed E-state index contributed by atoms with van der Waals surface area (Å²) in [5, 5.41) is 0.166. The monoisotopic (exact) mass is 250 g/mol. The minimum absolute atomic E-state index is 0.0747. The highest BCUT2D eigenvalue weighted by Crippen LogP contribution is 2.37. The van der Waals surface area contributed by atoms with Crippen LogP contribution in [0, 0.1) is 0 Å². The molecule has 0 aliphatic carbocycles. The van der Waals surface area contributed by atoms with E-state index in [2.05, 4.69) is 33.9 Å². The summed E-state index contributed by atoms with van der Waals surface area (Å²) in [6, 6.07) is 7.45. The first-order valence-corrected chi connectivity index (χ1v) is 8.84. The van der Waals surface area contributed by atoms with Crippen LogP contribution in [0.2, 0.25) is 18.1 Å². The average molecular weight is 250 g/mol. The molecular weight excluding hydrogens is 228 g/mol. The molecular formula is C14H22O2Si. The first-order chi connectivity index (χ1) is 7.63. The van der Waals surface area contributed by atoms with Crippen molar-refractivity contribution < 1.29 is 9.22 Å². The van der Waals surface area contributed by atoms with Crippen LogP contribution in [0.1, 0.15) is 38.1 Å². The van der Waals surface area contributed by atoms with Gasteiger partial charge in [0.25, 0.3) is 0 Å². The highest BCUT2D eigenvalue weighted by Gasteiger charge is 2.38. The molecule has 0 bridgehead atoms. The summed E-state index contributed by atoms with van der Waals surface area (Å²) < 4.78 is 6.14. The van der Waals surface area contributed by atoms with Crippen LogP contribution in [0.25, 0.3) is 0 Å². The van der Waals surface area contributed by atoms with Gasteiger partial charge in [0.2, 0.25) is 8.32 Å². The predicted molar refractivity (Wildman–Crippen MR) is 74.3 cm³/mol. The number of carbonyl (C=O) groups is 1. The maximum atomic E-state index is 11.3. The van der Waals surface area contributed by atoms with Crippen molar-refractivity contribution in [2.75, 3.05) is 0 Å². The molecule has 17 heavy (non-hydrogen) atoms. The molecule has 0 aliphatic rings. The average Bonchev–Trinajstić information content (AvgIpc) is 2.15. The standard InChI is InChI=1S/C14H22O2Si/c1-11(15)12-8-7-9-13(10-12)16-17(5,6)14(2,3)4/h7-10H,1-6H3. The Bertz CT molecular complexity index is 416. The van der Waals surface area contributed by atoms with Gasteiger partial charge in [-0.15, -0.1) is 0 Å². The molecule has 0 fully saturated rings. The lowest BCUT2D eigenvalue weighted by Gasteiger charge is -2.36. The number of benzene rings is 1. The zero-order valence-corrected chi connectivity index (χ0v) is 12.6.